The van der Waals surface area contributed by atoms with Gasteiger partial charge in [0.2, 0.25) is 5.91 Å². The number of amides is 2. The Morgan fingerprint density at radius 1 is 0.971 bits per heavy atom. The molecular formula is C28H32N2O5. The molecule has 35 heavy (non-hydrogen) atoms. The molecular weight excluding hydrogens is 444 g/mol. The first-order valence-electron chi connectivity index (χ1n) is 12.5. The lowest BCUT2D eigenvalue weighted by atomic mass is 9.73. The number of fused-ring (bicyclic) bond motifs is 3. The van der Waals surface area contributed by atoms with Gasteiger partial charge in [0.05, 0.1) is 0 Å². The molecule has 7 heteroatoms. The van der Waals surface area contributed by atoms with Crippen molar-refractivity contribution in [2.75, 3.05) is 13.2 Å². The predicted molar refractivity (Wildman–Crippen MR) is 131 cm³/mol. The molecule has 2 saturated carbocycles. The van der Waals surface area contributed by atoms with Gasteiger partial charge in [-0.15, -0.1) is 0 Å². The first-order chi connectivity index (χ1) is 16.8. The van der Waals surface area contributed by atoms with Gasteiger partial charge < -0.3 is 20.5 Å². The fraction of sp³-hybridized carbons (Fsp3) is 0.464. The molecule has 2 aromatic rings. The van der Waals surface area contributed by atoms with Gasteiger partial charge in [0.25, 0.3) is 0 Å². The van der Waals surface area contributed by atoms with Gasteiger partial charge >= 0.3 is 12.1 Å². The van der Waals surface area contributed by atoms with Crippen molar-refractivity contribution in [1.82, 2.24) is 10.6 Å². The van der Waals surface area contributed by atoms with Crippen LogP contribution in [-0.4, -0.2) is 41.8 Å². The summed E-state index contributed by atoms with van der Waals surface area (Å²) < 4.78 is 5.69. The zero-order chi connectivity index (χ0) is 24.6. The van der Waals surface area contributed by atoms with Crippen LogP contribution in [0.4, 0.5) is 4.79 Å². The Hall–Kier alpha value is -3.35. The number of ether oxygens (including phenoxy) is 1. The smallest absolute Gasteiger partial charge is 0.408 e. The summed E-state index contributed by atoms with van der Waals surface area (Å²) in [6, 6.07) is 16.4. The number of alkyl carbamates (subject to hydrolysis) is 1. The molecule has 7 nitrogen and oxygen atoms in total. The Morgan fingerprint density at radius 3 is 2.14 bits per heavy atom. The van der Waals surface area contributed by atoms with Crippen LogP contribution in [-0.2, 0) is 14.3 Å². The van der Waals surface area contributed by atoms with E-state index in [1.807, 2.05) is 24.3 Å². The summed E-state index contributed by atoms with van der Waals surface area (Å²) in [5.41, 5.74) is 3.60. The molecule has 3 N–H and O–H groups in total. The molecule has 5 rings (SSSR count). The van der Waals surface area contributed by atoms with Crippen LogP contribution < -0.4 is 10.6 Å². The zero-order valence-corrected chi connectivity index (χ0v) is 20.0. The molecule has 0 aliphatic heterocycles. The number of hydrogen-bond donors (Lipinski definition) is 3. The monoisotopic (exact) mass is 476 g/mol. The van der Waals surface area contributed by atoms with Crippen molar-refractivity contribution in [1.29, 1.82) is 0 Å². The van der Waals surface area contributed by atoms with Crippen LogP contribution in [0.25, 0.3) is 11.1 Å². The van der Waals surface area contributed by atoms with Crippen molar-refractivity contribution < 1.29 is 24.2 Å². The lowest BCUT2D eigenvalue weighted by Crippen LogP contribution is -2.59. The Morgan fingerprint density at radius 2 is 1.57 bits per heavy atom. The summed E-state index contributed by atoms with van der Waals surface area (Å²) in [6.07, 6.45) is 3.00. The highest BCUT2D eigenvalue weighted by molar-refractivity contribution is 5.90. The number of nitrogens with one attached hydrogen (secondary N) is 2. The molecule has 184 valence electrons. The van der Waals surface area contributed by atoms with Crippen molar-refractivity contribution >= 4 is 18.0 Å². The second-order valence-electron chi connectivity index (χ2n) is 10.4. The fourth-order valence-electron chi connectivity index (χ4n) is 5.73. The fourth-order valence-corrected chi connectivity index (χ4v) is 5.73. The van der Waals surface area contributed by atoms with E-state index in [9.17, 15) is 14.4 Å². The highest BCUT2D eigenvalue weighted by Crippen LogP contribution is 2.45. The number of rotatable bonds is 9. The number of carboxylic acids is 1. The van der Waals surface area contributed by atoms with Crippen LogP contribution in [0.2, 0.25) is 0 Å². The third-order valence-corrected chi connectivity index (χ3v) is 7.92. The van der Waals surface area contributed by atoms with E-state index in [0.29, 0.717) is 12.5 Å². The molecule has 0 spiro atoms. The quantitative estimate of drug-likeness (QED) is 0.500. The van der Waals surface area contributed by atoms with E-state index in [-0.39, 0.29) is 36.7 Å². The standard InChI is InChI=1S/C28H32N2O5/c1-28(19-10-11-19,26(33)29-15-18-12-17(13-18)14-25(31)32)30-27(34)35-16-24-22-8-4-2-6-20(22)21-7-3-5-9-23(21)24/h2-9,17-19,24H,10-16H2,1H3,(H,29,33)(H,30,34)(H,31,32). The van der Waals surface area contributed by atoms with Crippen molar-refractivity contribution in [3.8, 4) is 11.1 Å². The molecule has 0 heterocycles. The third-order valence-electron chi connectivity index (χ3n) is 7.92. The topological polar surface area (TPSA) is 105 Å². The van der Waals surface area contributed by atoms with E-state index in [4.69, 9.17) is 9.84 Å². The minimum Gasteiger partial charge on any atom is -0.481 e. The maximum Gasteiger partial charge on any atom is 0.408 e. The van der Waals surface area contributed by atoms with Gasteiger partial charge in [-0.3, -0.25) is 9.59 Å². The second-order valence-corrected chi connectivity index (χ2v) is 10.4. The van der Waals surface area contributed by atoms with Crippen molar-refractivity contribution in [3.05, 3.63) is 59.7 Å². The van der Waals surface area contributed by atoms with E-state index in [0.717, 1.165) is 36.8 Å². The van der Waals surface area contributed by atoms with E-state index >= 15 is 0 Å². The van der Waals surface area contributed by atoms with Crippen LogP contribution in [0, 0.1) is 17.8 Å². The molecule has 3 aliphatic rings. The number of benzene rings is 2. The molecule has 2 aromatic carbocycles. The Bertz CT molecular complexity index is 1090. The van der Waals surface area contributed by atoms with Gasteiger partial charge in [0.1, 0.15) is 12.1 Å². The van der Waals surface area contributed by atoms with Gasteiger partial charge in [0, 0.05) is 18.9 Å². The summed E-state index contributed by atoms with van der Waals surface area (Å²) in [6.45, 7) is 2.48. The van der Waals surface area contributed by atoms with Gasteiger partial charge in [-0.2, -0.15) is 0 Å². The third kappa shape index (κ3) is 4.77. The van der Waals surface area contributed by atoms with Crippen molar-refractivity contribution in [2.45, 2.75) is 50.5 Å². The maximum atomic E-state index is 13.1. The largest absolute Gasteiger partial charge is 0.481 e. The normalized spacial score (nSPS) is 22.2. The molecule has 0 radical (unpaired) electrons. The molecule has 3 aliphatic carbocycles. The summed E-state index contributed by atoms with van der Waals surface area (Å²) in [5, 5.41) is 14.8. The highest BCUT2D eigenvalue weighted by atomic mass is 16.5. The van der Waals surface area contributed by atoms with E-state index in [2.05, 4.69) is 34.9 Å². The van der Waals surface area contributed by atoms with Gasteiger partial charge in [-0.05, 0) is 72.6 Å². The number of carbonyl (C=O) groups is 3. The number of carboxylic acid groups (broad SMARTS) is 1. The minimum absolute atomic E-state index is 0.0356. The van der Waals surface area contributed by atoms with Crippen LogP contribution in [0.3, 0.4) is 0 Å². The van der Waals surface area contributed by atoms with Crippen LogP contribution in [0.15, 0.2) is 48.5 Å². The first-order valence-corrected chi connectivity index (χ1v) is 12.5. The average Bonchev–Trinajstić information content (AvgIpc) is 3.62. The van der Waals surface area contributed by atoms with E-state index < -0.39 is 17.6 Å². The maximum absolute atomic E-state index is 13.1. The number of hydrogen-bond acceptors (Lipinski definition) is 4. The van der Waals surface area contributed by atoms with Gasteiger partial charge in [0.15, 0.2) is 0 Å². The minimum atomic E-state index is -1.02. The summed E-state index contributed by atoms with van der Waals surface area (Å²) >= 11 is 0. The molecule has 1 unspecified atom stereocenters. The number of carbonyl (C=O) groups excluding carboxylic acids is 2. The molecule has 2 fully saturated rings. The summed E-state index contributed by atoms with van der Waals surface area (Å²) in [4.78, 5) is 36.8. The average molecular weight is 477 g/mol. The molecule has 2 amide bonds. The van der Waals surface area contributed by atoms with Crippen molar-refractivity contribution in [3.63, 3.8) is 0 Å². The first kappa shape index (κ1) is 23.4. The van der Waals surface area contributed by atoms with Gasteiger partial charge in [-0.1, -0.05) is 48.5 Å². The SMILES string of the molecule is CC(NC(=O)OCC1c2ccccc2-c2ccccc21)(C(=O)NCC1CC(CC(=O)O)C1)C1CC1. The van der Waals surface area contributed by atoms with Crippen LogP contribution >= 0.6 is 0 Å². The molecule has 1 atom stereocenters. The van der Waals surface area contributed by atoms with Crippen LogP contribution in [0.1, 0.15) is 56.1 Å². The summed E-state index contributed by atoms with van der Waals surface area (Å²) in [5.74, 6) is -0.429. The predicted octanol–water partition coefficient (Wildman–Crippen LogP) is 4.31. The Balaban J connectivity index is 1.17. The summed E-state index contributed by atoms with van der Waals surface area (Å²) in [7, 11) is 0. The zero-order valence-electron chi connectivity index (χ0n) is 20.0. The molecule has 0 aromatic heterocycles. The van der Waals surface area contributed by atoms with E-state index in [1.165, 1.54) is 11.1 Å². The Kier molecular flexibility index (Phi) is 6.26. The Labute approximate surface area is 205 Å². The van der Waals surface area contributed by atoms with Gasteiger partial charge in [-0.25, -0.2) is 4.79 Å². The molecule has 0 saturated heterocycles. The number of aliphatic carboxylic acids is 1. The molecule has 0 bridgehead atoms. The second kappa shape index (κ2) is 9.36. The lowest BCUT2D eigenvalue weighted by molar-refractivity contribution is -0.139. The van der Waals surface area contributed by atoms with Crippen molar-refractivity contribution in [2.24, 2.45) is 17.8 Å². The lowest BCUT2D eigenvalue weighted by Gasteiger charge is -2.36. The van der Waals surface area contributed by atoms with E-state index in [1.54, 1.807) is 6.92 Å². The highest BCUT2D eigenvalue weighted by Gasteiger charge is 2.49. The van der Waals surface area contributed by atoms with Crippen LogP contribution in [0.5, 0.6) is 0 Å².